The maximum absolute atomic E-state index is 11.0. The highest BCUT2D eigenvalue weighted by Crippen LogP contribution is 2.00. The number of ketones is 1. The molecular weight excluding hydrogens is 136 g/mol. The Labute approximate surface area is 68.8 Å². The first-order valence-corrected chi connectivity index (χ1v) is 3.99. The normalized spacial score (nSPS) is 12.0. The fourth-order valence-corrected chi connectivity index (χ4v) is 0.744. The lowest BCUT2D eigenvalue weighted by atomic mass is 10.1. The van der Waals surface area contributed by atoms with Crippen LogP contribution < -0.4 is 0 Å². The van der Waals surface area contributed by atoms with Crippen LogP contribution in [0.15, 0.2) is 24.3 Å². The summed E-state index contributed by atoms with van der Waals surface area (Å²) < 4.78 is 0. The molecule has 0 aliphatic heterocycles. The van der Waals surface area contributed by atoms with E-state index in [4.69, 9.17) is 0 Å². The molecule has 0 aliphatic carbocycles. The molecule has 0 amide bonds. The van der Waals surface area contributed by atoms with Gasteiger partial charge in [-0.25, -0.2) is 0 Å². The zero-order valence-corrected chi connectivity index (χ0v) is 7.50. The third-order valence-electron chi connectivity index (χ3n) is 1.20. The average Bonchev–Trinajstić information content (AvgIpc) is 1.86. The van der Waals surface area contributed by atoms with Crippen LogP contribution in [-0.2, 0) is 4.79 Å². The van der Waals surface area contributed by atoms with Gasteiger partial charge in [-0.05, 0) is 18.9 Å². The molecule has 0 aromatic carbocycles. The molecule has 1 heteroatoms. The minimum Gasteiger partial charge on any atom is -0.295 e. The van der Waals surface area contributed by atoms with E-state index in [2.05, 4.69) is 0 Å². The predicted molar refractivity (Wildman–Crippen MR) is 48.4 cm³/mol. The van der Waals surface area contributed by atoms with E-state index >= 15 is 0 Å². The quantitative estimate of drug-likeness (QED) is 0.447. The van der Waals surface area contributed by atoms with E-state index in [1.807, 2.05) is 32.9 Å². The molecule has 1 nitrogen and oxygen atoms in total. The van der Waals surface area contributed by atoms with Crippen LogP contribution in [0.25, 0.3) is 0 Å². The van der Waals surface area contributed by atoms with Gasteiger partial charge in [-0.1, -0.05) is 32.1 Å². The second kappa shape index (κ2) is 5.90. The Morgan fingerprint density at radius 2 is 2.00 bits per heavy atom. The zero-order valence-electron chi connectivity index (χ0n) is 7.50. The minimum atomic E-state index is 0.207. The van der Waals surface area contributed by atoms with Crippen molar-refractivity contribution in [2.45, 2.75) is 27.2 Å². The summed E-state index contributed by atoms with van der Waals surface area (Å²) in [5.41, 5.74) is 0. The van der Waals surface area contributed by atoms with Crippen molar-refractivity contribution in [1.82, 2.24) is 0 Å². The summed E-state index contributed by atoms with van der Waals surface area (Å²) in [6, 6.07) is 0. The summed E-state index contributed by atoms with van der Waals surface area (Å²) in [7, 11) is 0. The van der Waals surface area contributed by atoms with E-state index in [0.717, 1.165) is 0 Å². The van der Waals surface area contributed by atoms with Crippen molar-refractivity contribution in [2.24, 2.45) is 5.92 Å². The summed E-state index contributed by atoms with van der Waals surface area (Å²) in [6.07, 6.45) is 7.82. The molecule has 0 saturated heterocycles. The second-order valence-corrected chi connectivity index (χ2v) is 2.95. The van der Waals surface area contributed by atoms with Crippen LogP contribution in [0.4, 0.5) is 0 Å². The third-order valence-corrected chi connectivity index (χ3v) is 1.20. The van der Waals surface area contributed by atoms with E-state index in [1.165, 1.54) is 0 Å². The van der Waals surface area contributed by atoms with Crippen molar-refractivity contribution in [3.8, 4) is 0 Å². The van der Waals surface area contributed by atoms with Crippen LogP contribution >= 0.6 is 0 Å². The van der Waals surface area contributed by atoms with Gasteiger partial charge in [0.25, 0.3) is 0 Å². The van der Waals surface area contributed by atoms with Crippen molar-refractivity contribution >= 4 is 5.78 Å². The van der Waals surface area contributed by atoms with Crippen molar-refractivity contribution in [2.75, 3.05) is 0 Å². The van der Waals surface area contributed by atoms with Gasteiger partial charge in [0.05, 0.1) is 0 Å². The SMILES string of the molecule is C/C=C/C=C/C(=O)CC(C)C. The number of rotatable bonds is 4. The number of carbonyl (C=O) groups is 1. The van der Waals surface area contributed by atoms with Crippen molar-refractivity contribution in [3.05, 3.63) is 24.3 Å². The number of hydrogen-bond donors (Lipinski definition) is 0. The first-order valence-electron chi connectivity index (χ1n) is 3.99. The third kappa shape index (κ3) is 7.04. The Hall–Kier alpha value is -0.850. The lowest BCUT2D eigenvalue weighted by molar-refractivity contribution is -0.115. The Morgan fingerprint density at radius 3 is 2.45 bits per heavy atom. The monoisotopic (exact) mass is 152 g/mol. The van der Waals surface area contributed by atoms with Crippen LogP contribution in [-0.4, -0.2) is 5.78 Å². The standard InChI is InChI=1S/C10H16O/c1-4-5-6-7-10(11)8-9(2)3/h4-7,9H,8H2,1-3H3/b5-4+,7-6+. The summed E-state index contributed by atoms with van der Waals surface area (Å²) >= 11 is 0. The molecule has 0 unspecified atom stereocenters. The Kier molecular flexibility index (Phi) is 5.44. The van der Waals surface area contributed by atoms with Gasteiger partial charge in [-0.2, -0.15) is 0 Å². The summed E-state index contributed by atoms with van der Waals surface area (Å²) in [4.78, 5) is 11.0. The molecule has 62 valence electrons. The first kappa shape index (κ1) is 10.2. The molecule has 0 N–H and O–H groups in total. The van der Waals surface area contributed by atoms with Gasteiger partial charge >= 0.3 is 0 Å². The van der Waals surface area contributed by atoms with E-state index in [9.17, 15) is 4.79 Å². The highest BCUT2D eigenvalue weighted by Gasteiger charge is 1.98. The maximum atomic E-state index is 11.0. The van der Waals surface area contributed by atoms with E-state index in [1.54, 1.807) is 12.2 Å². The molecule has 0 aliphatic rings. The lowest BCUT2D eigenvalue weighted by Crippen LogP contribution is -1.97. The zero-order chi connectivity index (χ0) is 8.69. The maximum Gasteiger partial charge on any atom is 0.155 e. The Bertz CT molecular complexity index is 164. The van der Waals surface area contributed by atoms with Crippen molar-refractivity contribution in [1.29, 1.82) is 0 Å². The largest absolute Gasteiger partial charge is 0.295 e. The van der Waals surface area contributed by atoms with Crippen LogP contribution in [0.2, 0.25) is 0 Å². The van der Waals surface area contributed by atoms with Gasteiger partial charge in [0.1, 0.15) is 0 Å². The topological polar surface area (TPSA) is 17.1 Å². The van der Waals surface area contributed by atoms with Gasteiger partial charge < -0.3 is 0 Å². The van der Waals surface area contributed by atoms with Crippen LogP contribution in [0.5, 0.6) is 0 Å². The molecule has 0 saturated carbocycles. The van der Waals surface area contributed by atoms with Crippen LogP contribution in [0.3, 0.4) is 0 Å². The van der Waals surface area contributed by atoms with Crippen LogP contribution in [0, 0.1) is 5.92 Å². The lowest BCUT2D eigenvalue weighted by Gasteiger charge is -1.97. The highest BCUT2D eigenvalue weighted by atomic mass is 16.1. The molecule has 0 rings (SSSR count). The number of allylic oxidation sites excluding steroid dienone is 4. The van der Waals surface area contributed by atoms with E-state index < -0.39 is 0 Å². The number of hydrogen-bond acceptors (Lipinski definition) is 1. The summed E-state index contributed by atoms with van der Waals surface area (Å²) in [5, 5.41) is 0. The van der Waals surface area contributed by atoms with Crippen LogP contribution in [0.1, 0.15) is 27.2 Å². The van der Waals surface area contributed by atoms with Crippen molar-refractivity contribution < 1.29 is 4.79 Å². The van der Waals surface area contributed by atoms with E-state index in [0.29, 0.717) is 12.3 Å². The first-order chi connectivity index (χ1) is 5.16. The summed E-state index contributed by atoms with van der Waals surface area (Å²) in [5.74, 6) is 0.663. The van der Waals surface area contributed by atoms with Gasteiger partial charge in [0.2, 0.25) is 0 Å². The number of carbonyl (C=O) groups excluding carboxylic acids is 1. The van der Waals surface area contributed by atoms with Gasteiger partial charge in [-0.3, -0.25) is 4.79 Å². The van der Waals surface area contributed by atoms with Gasteiger partial charge in [0.15, 0.2) is 5.78 Å². The predicted octanol–water partition coefficient (Wildman–Crippen LogP) is 2.73. The molecule has 0 radical (unpaired) electrons. The summed E-state index contributed by atoms with van der Waals surface area (Å²) in [6.45, 7) is 6.01. The van der Waals surface area contributed by atoms with E-state index in [-0.39, 0.29) is 5.78 Å². The second-order valence-electron chi connectivity index (χ2n) is 2.95. The fraction of sp³-hybridized carbons (Fsp3) is 0.500. The fourth-order valence-electron chi connectivity index (χ4n) is 0.744. The molecule has 11 heavy (non-hydrogen) atoms. The molecule has 0 aromatic heterocycles. The molecule has 0 fully saturated rings. The molecule has 0 spiro atoms. The minimum absolute atomic E-state index is 0.207. The Balaban J connectivity index is 3.69. The molecule has 0 atom stereocenters. The van der Waals surface area contributed by atoms with Gasteiger partial charge in [0, 0.05) is 6.42 Å². The molecular formula is C10H16O. The molecule has 0 bridgehead atoms. The van der Waals surface area contributed by atoms with Crippen molar-refractivity contribution in [3.63, 3.8) is 0 Å². The highest BCUT2D eigenvalue weighted by molar-refractivity contribution is 5.89. The molecule has 0 aromatic rings. The smallest absolute Gasteiger partial charge is 0.155 e. The average molecular weight is 152 g/mol. The molecule has 0 heterocycles. The Morgan fingerprint density at radius 1 is 1.36 bits per heavy atom. The van der Waals surface area contributed by atoms with Gasteiger partial charge in [-0.15, -0.1) is 0 Å².